The minimum absolute atomic E-state index is 0.0382. The van der Waals surface area contributed by atoms with E-state index in [1.54, 1.807) is 6.07 Å². The molecule has 2 aromatic carbocycles. The zero-order valence-electron chi connectivity index (χ0n) is 33.4. The second-order valence-electron chi connectivity index (χ2n) is 17.1. The summed E-state index contributed by atoms with van der Waals surface area (Å²) < 4.78 is 30.0. The van der Waals surface area contributed by atoms with Gasteiger partial charge in [-0.2, -0.15) is 0 Å². The van der Waals surface area contributed by atoms with E-state index in [2.05, 4.69) is 15.5 Å². The number of carbonyl (C=O) groups is 4. The molecule has 3 amide bonds. The first-order valence-corrected chi connectivity index (χ1v) is 21.8. The number of hydrogen-bond donors (Lipinski definition) is 3. The molecular weight excluding hydrogens is 768 g/mol. The quantitative estimate of drug-likeness (QED) is 0.260. The molecule has 3 aliphatic heterocycles. The van der Waals surface area contributed by atoms with Crippen LogP contribution in [0.2, 0.25) is 5.02 Å². The molecule has 15 heteroatoms. The highest BCUT2D eigenvalue weighted by molar-refractivity contribution is 6.37. The van der Waals surface area contributed by atoms with E-state index in [4.69, 9.17) is 35.3 Å². The van der Waals surface area contributed by atoms with Gasteiger partial charge in [-0.3, -0.25) is 14.5 Å². The number of benzene rings is 2. The number of rotatable bonds is 11. The van der Waals surface area contributed by atoms with Gasteiger partial charge in [0, 0.05) is 42.9 Å². The summed E-state index contributed by atoms with van der Waals surface area (Å²) in [6, 6.07) is 5.37. The van der Waals surface area contributed by atoms with Gasteiger partial charge in [-0.1, -0.05) is 43.7 Å². The molecule has 3 aliphatic carbocycles. The third-order valence-corrected chi connectivity index (χ3v) is 13.5. The smallest absolute Gasteiger partial charge is 0.408 e. The molecule has 58 heavy (non-hydrogen) atoms. The van der Waals surface area contributed by atoms with Crippen LogP contribution in [0.3, 0.4) is 0 Å². The van der Waals surface area contributed by atoms with Gasteiger partial charge in [0.15, 0.2) is 0 Å². The Bertz CT molecular complexity index is 1850. The zero-order valence-corrected chi connectivity index (χ0v) is 34.1. The van der Waals surface area contributed by atoms with Gasteiger partial charge >= 0.3 is 12.1 Å². The molecule has 8 rings (SSSR count). The Labute approximate surface area is 344 Å². The van der Waals surface area contributed by atoms with E-state index < -0.39 is 47.6 Å². The van der Waals surface area contributed by atoms with Crippen LogP contribution in [0.25, 0.3) is 10.8 Å². The molecule has 0 spiro atoms. The molecule has 316 valence electrons. The maximum absolute atomic E-state index is 14.6. The normalized spacial score (nSPS) is 31.5. The third-order valence-electron chi connectivity index (χ3n) is 13.1. The summed E-state index contributed by atoms with van der Waals surface area (Å²) in [7, 11) is 0. The standard InChI is InChI=1S/C43H57ClN4O10/c1-2-55-29-21-33-32(10-11-36(38(33)44)56-17-14-47-12-15-54-16-13-47)37(23-29)57-31-22-35-39(49)46-43(41(51)52)24-28(43)8-6-4-3-5-7-9-34(40(50)48(35)25-31)45-42(53)58-30-19-26-18-27(26)20-30/h10-11,21,23,26-28,30-31,34-35H,2-9,12-20,22,24-25H2,1H3,(H,45,53)(H,46,49)(H,51,52)/t26-,27+,28-,30?,31+,34-,35-,43+/m0/s1. The number of nitrogens with zero attached hydrogens (tertiary/aromatic N) is 2. The SMILES string of the molecule is CCOc1cc(O[C@@H]2C[C@H]3C(=O)N[C@]4(C(=O)O)C[C@@H]4CCCCCCC[C@H](NC(=O)OC4C[C@@H]5C[C@@H]5C4)C(=O)N3C2)c2ccc(OCCN3CCOCC3)c(Cl)c2c1. The molecule has 8 atom stereocenters. The van der Waals surface area contributed by atoms with Gasteiger partial charge in [-0.25, -0.2) is 9.59 Å². The summed E-state index contributed by atoms with van der Waals surface area (Å²) in [4.78, 5) is 58.5. The van der Waals surface area contributed by atoms with Crippen LogP contribution >= 0.6 is 11.6 Å². The molecule has 3 heterocycles. The maximum Gasteiger partial charge on any atom is 0.408 e. The van der Waals surface area contributed by atoms with Crippen LogP contribution in [-0.4, -0.2) is 121 Å². The predicted octanol–water partition coefficient (Wildman–Crippen LogP) is 5.55. The lowest BCUT2D eigenvalue weighted by Gasteiger charge is -2.29. The van der Waals surface area contributed by atoms with Crippen LogP contribution in [0.5, 0.6) is 17.2 Å². The summed E-state index contributed by atoms with van der Waals surface area (Å²) in [6.07, 6.45) is 7.29. The summed E-state index contributed by atoms with van der Waals surface area (Å²) in [5.41, 5.74) is -1.37. The largest absolute Gasteiger partial charge is 0.494 e. The van der Waals surface area contributed by atoms with Crippen LogP contribution in [0.4, 0.5) is 4.79 Å². The lowest BCUT2D eigenvalue weighted by Crippen LogP contribution is -2.56. The fourth-order valence-corrected chi connectivity index (χ4v) is 9.98. The number of carboxylic acid groups (broad SMARTS) is 1. The molecule has 6 aliphatic rings. The lowest BCUT2D eigenvalue weighted by atomic mass is 10.0. The molecular formula is C43H57ClN4O10. The average Bonchev–Trinajstić information content (AvgIpc) is 4.01. The van der Waals surface area contributed by atoms with Crippen molar-refractivity contribution in [3.8, 4) is 17.2 Å². The number of aliphatic carboxylic acids is 1. The predicted molar refractivity (Wildman–Crippen MR) is 214 cm³/mol. The fraction of sp³-hybridized carbons (Fsp3) is 0.674. The average molecular weight is 825 g/mol. The van der Waals surface area contributed by atoms with Crippen molar-refractivity contribution in [2.24, 2.45) is 17.8 Å². The number of halogens is 1. The highest BCUT2D eigenvalue weighted by atomic mass is 35.5. The Morgan fingerprint density at radius 2 is 1.71 bits per heavy atom. The van der Waals surface area contributed by atoms with Crippen molar-refractivity contribution in [1.29, 1.82) is 0 Å². The number of carbonyl (C=O) groups excluding carboxylic acids is 3. The summed E-state index contributed by atoms with van der Waals surface area (Å²) in [6.45, 7) is 6.63. The number of morpholine rings is 1. The highest BCUT2D eigenvalue weighted by Crippen LogP contribution is 2.52. The van der Waals surface area contributed by atoms with Crippen LogP contribution in [0, 0.1) is 17.8 Å². The van der Waals surface area contributed by atoms with Crippen molar-refractivity contribution in [1.82, 2.24) is 20.4 Å². The molecule has 3 saturated carbocycles. The van der Waals surface area contributed by atoms with Gasteiger partial charge in [0.25, 0.3) is 0 Å². The van der Waals surface area contributed by atoms with Gasteiger partial charge in [-0.05, 0) is 81.4 Å². The number of ether oxygens (including phenoxy) is 5. The van der Waals surface area contributed by atoms with Crippen molar-refractivity contribution in [3.63, 3.8) is 0 Å². The van der Waals surface area contributed by atoms with Gasteiger partial charge < -0.3 is 44.3 Å². The van der Waals surface area contributed by atoms with Crippen molar-refractivity contribution >= 4 is 46.3 Å². The first-order valence-electron chi connectivity index (χ1n) is 21.4. The Balaban J connectivity index is 1.04. The van der Waals surface area contributed by atoms with E-state index in [0.29, 0.717) is 97.0 Å². The van der Waals surface area contributed by atoms with Crippen LogP contribution in [0.1, 0.15) is 84.0 Å². The summed E-state index contributed by atoms with van der Waals surface area (Å²) in [5, 5.41) is 17.8. The van der Waals surface area contributed by atoms with Crippen LogP contribution in [0.15, 0.2) is 24.3 Å². The highest BCUT2D eigenvalue weighted by Gasteiger charge is 2.62. The molecule has 0 aromatic heterocycles. The van der Waals surface area contributed by atoms with Crippen molar-refractivity contribution in [3.05, 3.63) is 29.3 Å². The Morgan fingerprint density at radius 1 is 0.948 bits per heavy atom. The van der Waals surface area contributed by atoms with Crippen molar-refractivity contribution < 1.29 is 48.0 Å². The number of nitrogens with one attached hydrogen (secondary N) is 2. The lowest BCUT2D eigenvalue weighted by molar-refractivity contribution is -0.146. The number of carboxylic acids is 1. The molecule has 3 N–H and O–H groups in total. The topological polar surface area (TPSA) is 165 Å². The maximum atomic E-state index is 14.6. The van der Waals surface area contributed by atoms with Crippen molar-refractivity contribution in [2.75, 3.05) is 52.6 Å². The second-order valence-corrected chi connectivity index (χ2v) is 17.5. The fourth-order valence-electron chi connectivity index (χ4n) is 9.70. The number of hydrogen-bond acceptors (Lipinski definition) is 10. The summed E-state index contributed by atoms with van der Waals surface area (Å²) >= 11 is 7.00. The minimum Gasteiger partial charge on any atom is -0.494 e. The van der Waals surface area contributed by atoms with Gasteiger partial charge in [0.05, 0.1) is 31.4 Å². The second kappa shape index (κ2) is 17.7. The van der Waals surface area contributed by atoms with Crippen LogP contribution < -0.4 is 24.8 Å². The monoisotopic (exact) mass is 824 g/mol. The van der Waals surface area contributed by atoms with Crippen molar-refractivity contribution in [2.45, 2.75) is 114 Å². The van der Waals surface area contributed by atoms with Gasteiger partial charge in [0.1, 0.15) is 53.7 Å². The zero-order chi connectivity index (χ0) is 40.4. The molecule has 0 bridgehead atoms. The van der Waals surface area contributed by atoms with E-state index in [1.807, 2.05) is 25.1 Å². The number of fused-ring (bicyclic) bond motifs is 4. The van der Waals surface area contributed by atoms with E-state index in [9.17, 15) is 24.3 Å². The number of alkyl carbamates (subject to hydrolysis) is 1. The van der Waals surface area contributed by atoms with E-state index in [1.165, 1.54) is 11.3 Å². The minimum atomic E-state index is -1.37. The molecule has 6 fully saturated rings. The van der Waals surface area contributed by atoms with E-state index >= 15 is 0 Å². The van der Waals surface area contributed by atoms with Crippen LogP contribution in [-0.2, 0) is 23.9 Å². The Kier molecular flexibility index (Phi) is 12.4. The molecule has 1 unspecified atom stereocenters. The van der Waals surface area contributed by atoms with Gasteiger partial charge in [0.2, 0.25) is 11.8 Å². The third kappa shape index (κ3) is 9.08. The molecule has 14 nitrogen and oxygen atoms in total. The first-order chi connectivity index (χ1) is 28.1. The van der Waals surface area contributed by atoms with E-state index in [-0.39, 0.29) is 25.0 Å². The van der Waals surface area contributed by atoms with Gasteiger partial charge in [-0.15, -0.1) is 0 Å². The first kappa shape index (κ1) is 40.8. The molecule has 0 radical (unpaired) electrons. The molecule has 3 saturated heterocycles. The van der Waals surface area contributed by atoms with E-state index in [0.717, 1.165) is 58.2 Å². The Hall–Kier alpha value is -4.01. The molecule has 2 aromatic rings. The summed E-state index contributed by atoms with van der Waals surface area (Å²) in [5.74, 6) is 0.580. The Morgan fingerprint density at radius 3 is 2.47 bits per heavy atom. The number of amides is 3.